The van der Waals surface area contributed by atoms with Gasteiger partial charge in [0.1, 0.15) is 6.54 Å². The van der Waals surface area contributed by atoms with E-state index in [1.54, 1.807) is 18.2 Å². The second-order valence-electron chi connectivity index (χ2n) is 5.04. The van der Waals surface area contributed by atoms with E-state index in [2.05, 4.69) is 0 Å². The molecule has 0 radical (unpaired) electrons. The zero-order valence-corrected chi connectivity index (χ0v) is 11.5. The number of carbonyl (C=O) groups excluding carboxylic acids is 1. The fraction of sp³-hybridized carbons (Fsp3) is 0.429. The van der Waals surface area contributed by atoms with Gasteiger partial charge in [0.05, 0.1) is 0 Å². The van der Waals surface area contributed by atoms with Crippen LogP contribution in [-0.4, -0.2) is 35.0 Å². The molecular formula is C14H20N2O3. The molecule has 1 rings (SSSR count). The van der Waals surface area contributed by atoms with Crippen molar-refractivity contribution in [2.24, 2.45) is 5.92 Å². The number of nitrogens with two attached hydrogens (primary N) is 1. The molecule has 1 amide bonds. The number of aliphatic carboxylic acids is 1. The lowest BCUT2D eigenvalue weighted by Crippen LogP contribution is -2.38. The third-order valence-corrected chi connectivity index (χ3v) is 2.72. The summed E-state index contributed by atoms with van der Waals surface area (Å²) in [5, 5.41) is 8.88. The zero-order valence-electron chi connectivity index (χ0n) is 11.5. The molecule has 19 heavy (non-hydrogen) atoms. The van der Waals surface area contributed by atoms with Crippen molar-refractivity contribution in [2.75, 3.05) is 18.8 Å². The van der Waals surface area contributed by atoms with E-state index in [-0.39, 0.29) is 18.4 Å². The maximum atomic E-state index is 12.3. The van der Waals surface area contributed by atoms with Gasteiger partial charge < -0.3 is 15.7 Å². The Morgan fingerprint density at radius 1 is 1.37 bits per heavy atom. The van der Waals surface area contributed by atoms with Gasteiger partial charge in [-0.3, -0.25) is 9.59 Å². The van der Waals surface area contributed by atoms with Gasteiger partial charge in [0.25, 0.3) is 5.91 Å². The topological polar surface area (TPSA) is 83.6 Å². The number of nitrogen functional groups attached to an aromatic ring is 1. The average Bonchev–Trinajstić information content (AvgIpc) is 2.29. The largest absolute Gasteiger partial charge is 0.480 e. The highest BCUT2D eigenvalue weighted by Crippen LogP contribution is 2.15. The molecule has 5 heteroatoms. The summed E-state index contributed by atoms with van der Waals surface area (Å²) < 4.78 is 0. The molecule has 0 saturated carbocycles. The summed E-state index contributed by atoms with van der Waals surface area (Å²) in [6, 6.07) is 4.98. The summed E-state index contributed by atoms with van der Waals surface area (Å²) in [5.41, 5.74) is 7.60. The lowest BCUT2D eigenvalue weighted by atomic mass is 10.1. The Balaban J connectivity index is 2.97. The summed E-state index contributed by atoms with van der Waals surface area (Å²) in [6.07, 6.45) is 0. The molecule has 0 aliphatic heterocycles. The molecule has 1 aromatic rings. The predicted molar refractivity (Wildman–Crippen MR) is 74.0 cm³/mol. The number of carbonyl (C=O) groups is 2. The van der Waals surface area contributed by atoms with Crippen LogP contribution in [0.4, 0.5) is 5.69 Å². The first-order valence-corrected chi connectivity index (χ1v) is 6.18. The van der Waals surface area contributed by atoms with E-state index in [0.717, 1.165) is 5.56 Å². The van der Waals surface area contributed by atoms with E-state index in [1.165, 1.54) is 4.90 Å². The van der Waals surface area contributed by atoms with Crippen LogP contribution in [0, 0.1) is 12.8 Å². The maximum absolute atomic E-state index is 12.3. The zero-order chi connectivity index (χ0) is 14.6. The van der Waals surface area contributed by atoms with Crippen LogP contribution in [0.2, 0.25) is 0 Å². The van der Waals surface area contributed by atoms with E-state index in [1.807, 2.05) is 20.8 Å². The Morgan fingerprint density at radius 2 is 2.00 bits per heavy atom. The number of nitrogens with zero attached hydrogens (tertiary/aromatic N) is 1. The smallest absolute Gasteiger partial charge is 0.323 e. The van der Waals surface area contributed by atoms with Crippen molar-refractivity contribution < 1.29 is 14.7 Å². The number of carboxylic acids is 1. The Bertz CT molecular complexity index is 484. The van der Waals surface area contributed by atoms with E-state index in [0.29, 0.717) is 17.8 Å². The van der Waals surface area contributed by atoms with Crippen LogP contribution < -0.4 is 5.73 Å². The summed E-state index contributed by atoms with van der Waals surface area (Å²) in [5.74, 6) is -1.08. The minimum absolute atomic E-state index is 0.207. The van der Waals surface area contributed by atoms with Crippen LogP contribution in [0.3, 0.4) is 0 Å². The second kappa shape index (κ2) is 6.22. The van der Waals surface area contributed by atoms with Crippen LogP contribution >= 0.6 is 0 Å². The molecule has 0 spiro atoms. The van der Waals surface area contributed by atoms with Gasteiger partial charge in [-0.1, -0.05) is 13.8 Å². The molecule has 104 valence electrons. The molecule has 5 nitrogen and oxygen atoms in total. The number of carboxylic acid groups (broad SMARTS) is 1. The SMILES string of the molecule is Cc1cc(C(=O)N(CC(=O)O)CC(C)C)ccc1N. The first-order valence-electron chi connectivity index (χ1n) is 6.18. The summed E-state index contributed by atoms with van der Waals surface area (Å²) in [4.78, 5) is 24.5. The normalized spacial score (nSPS) is 10.5. The highest BCUT2D eigenvalue weighted by Gasteiger charge is 2.19. The quantitative estimate of drug-likeness (QED) is 0.794. The van der Waals surface area contributed by atoms with Gasteiger partial charge in [0.2, 0.25) is 0 Å². The number of benzene rings is 1. The number of hydrogen-bond acceptors (Lipinski definition) is 3. The Morgan fingerprint density at radius 3 is 2.47 bits per heavy atom. The van der Waals surface area contributed by atoms with Gasteiger partial charge in [0, 0.05) is 17.8 Å². The van der Waals surface area contributed by atoms with Crippen LogP contribution in [0.1, 0.15) is 29.8 Å². The Hall–Kier alpha value is -2.04. The Labute approximate surface area is 113 Å². The molecule has 0 saturated heterocycles. The number of anilines is 1. The lowest BCUT2D eigenvalue weighted by Gasteiger charge is -2.23. The van der Waals surface area contributed by atoms with Gasteiger partial charge in [-0.15, -0.1) is 0 Å². The highest BCUT2D eigenvalue weighted by atomic mass is 16.4. The average molecular weight is 264 g/mol. The van der Waals surface area contributed by atoms with Crippen LogP contribution in [-0.2, 0) is 4.79 Å². The van der Waals surface area contributed by atoms with E-state index in [4.69, 9.17) is 10.8 Å². The third kappa shape index (κ3) is 4.28. The lowest BCUT2D eigenvalue weighted by molar-refractivity contribution is -0.137. The van der Waals surface area contributed by atoms with Crippen LogP contribution in [0.15, 0.2) is 18.2 Å². The van der Waals surface area contributed by atoms with E-state index < -0.39 is 5.97 Å². The molecule has 1 aromatic carbocycles. The molecule has 0 unspecified atom stereocenters. The van der Waals surface area contributed by atoms with Gasteiger partial charge >= 0.3 is 5.97 Å². The molecule has 0 aromatic heterocycles. The summed E-state index contributed by atoms with van der Waals surface area (Å²) in [6.45, 7) is 5.82. The predicted octanol–water partition coefficient (Wildman–Crippen LogP) is 1.76. The molecule has 0 fully saturated rings. The second-order valence-corrected chi connectivity index (χ2v) is 5.04. The summed E-state index contributed by atoms with van der Waals surface area (Å²) >= 11 is 0. The molecule has 0 aliphatic rings. The number of rotatable bonds is 5. The minimum atomic E-state index is -1.01. The molecule has 0 heterocycles. The first-order chi connectivity index (χ1) is 8.81. The third-order valence-electron chi connectivity index (χ3n) is 2.72. The number of amides is 1. The van der Waals surface area contributed by atoms with Crippen LogP contribution in [0.25, 0.3) is 0 Å². The van der Waals surface area contributed by atoms with Gasteiger partial charge in [-0.05, 0) is 36.6 Å². The fourth-order valence-electron chi connectivity index (χ4n) is 1.81. The molecule has 0 atom stereocenters. The number of hydrogen-bond donors (Lipinski definition) is 2. The van der Waals surface area contributed by atoms with Crippen LogP contribution in [0.5, 0.6) is 0 Å². The standard InChI is InChI=1S/C14H20N2O3/c1-9(2)7-16(8-13(17)18)14(19)11-4-5-12(15)10(3)6-11/h4-6,9H,7-8,15H2,1-3H3,(H,17,18). The Kier molecular flexibility index (Phi) is 4.92. The molecule has 0 aliphatic carbocycles. The van der Waals surface area contributed by atoms with Gasteiger partial charge in [0.15, 0.2) is 0 Å². The fourth-order valence-corrected chi connectivity index (χ4v) is 1.81. The highest BCUT2D eigenvalue weighted by molar-refractivity contribution is 5.96. The van der Waals surface area contributed by atoms with Crippen molar-refractivity contribution in [2.45, 2.75) is 20.8 Å². The summed E-state index contributed by atoms with van der Waals surface area (Å²) in [7, 11) is 0. The van der Waals surface area contributed by atoms with E-state index >= 15 is 0 Å². The maximum Gasteiger partial charge on any atom is 0.323 e. The van der Waals surface area contributed by atoms with Gasteiger partial charge in [-0.2, -0.15) is 0 Å². The monoisotopic (exact) mass is 264 g/mol. The minimum Gasteiger partial charge on any atom is -0.480 e. The first kappa shape index (κ1) is 15.0. The van der Waals surface area contributed by atoms with Crippen molar-refractivity contribution in [1.29, 1.82) is 0 Å². The van der Waals surface area contributed by atoms with Crippen molar-refractivity contribution in [3.63, 3.8) is 0 Å². The van der Waals surface area contributed by atoms with Gasteiger partial charge in [-0.25, -0.2) is 0 Å². The van der Waals surface area contributed by atoms with Crippen molar-refractivity contribution in [3.05, 3.63) is 29.3 Å². The van der Waals surface area contributed by atoms with Crippen molar-refractivity contribution in [3.8, 4) is 0 Å². The van der Waals surface area contributed by atoms with Crippen molar-refractivity contribution >= 4 is 17.6 Å². The van der Waals surface area contributed by atoms with E-state index in [9.17, 15) is 9.59 Å². The number of aryl methyl sites for hydroxylation is 1. The molecular weight excluding hydrogens is 244 g/mol. The molecule has 3 N–H and O–H groups in total. The molecule has 0 bridgehead atoms. The van der Waals surface area contributed by atoms with Crippen molar-refractivity contribution in [1.82, 2.24) is 4.90 Å².